The third kappa shape index (κ3) is 5.82. The van der Waals surface area contributed by atoms with Crippen LogP contribution < -0.4 is 5.32 Å². The van der Waals surface area contributed by atoms with E-state index in [1.54, 1.807) is 0 Å². The minimum Gasteiger partial charge on any atom is -0.355 e. The second kappa shape index (κ2) is 9.24. The Morgan fingerprint density at radius 2 is 1.58 bits per heavy atom. The van der Waals surface area contributed by atoms with Crippen molar-refractivity contribution in [2.45, 2.75) is 31.7 Å². The lowest BCUT2D eigenvalue weighted by molar-refractivity contribution is -0.121. The van der Waals surface area contributed by atoms with Crippen molar-refractivity contribution in [3.05, 3.63) is 71.8 Å². The summed E-state index contributed by atoms with van der Waals surface area (Å²) in [5.41, 5.74) is 2.50. The first-order valence-electron chi connectivity index (χ1n) is 8.58. The molecule has 0 aromatic heterocycles. The summed E-state index contributed by atoms with van der Waals surface area (Å²) in [4.78, 5) is 14.5. The molecule has 0 aliphatic heterocycles. The van der Waals surface area contributed by atoms with E-state index < -0.39 is 0 Å². The van der Waals surface area contributed by atoms with Gasteiger partial charge >= 0.3 is 0 Å². The van der Waals surface area contributed by atoms with Crippen molar-refractivity contribution < 1.29 is 4.79 Å². The van der Waals surface area contributed by atoms with Gasteiger partial charge in [-0.05, 0) is 37.6 Å². The molecule has 0 radical (unpaired) electrons. The van der Waals surface area contributed by atoms with E-state index in [1.807, 2.05) is 24.3 Å². The molecule has 2 rings (SSSR count). The zero-order valence-electron chi connectivity index (χ0n) is 14.9. The van der Waals surface area contributed by atoms with Crippen LogP contribution >= 0.6 is 0 Å². The first kappa shape index (κ1) is 18.2. The van der Waals surface area contributed by atoms with E-state index in [0.717, 1.165) is 6.42 Å². The highest BCUT2D eigenvalue weighted by atomic mass is 16.1. The van der Waals surface area contributed by atoms with E-state index in [0.29, 0.717) is 19.0 Å². The molecule has 3 nitrogen and oxygen atoms in total. The maximum absolute atomic E-state index is 12.3. The van der Waals surface area contributed by atoms with Gasteiger partial charge in [0.1, 0.15) is 0 Å². The van der Waals surface area contributed by atoms with Gasteiger partial charge in [0, 0.05) is 19.0 Å². The van der Waals surface area contributed by atoms with Gasteiger partial charge < -0.3 is 10.2 Å². The zero-order chi connectivity index (χ0) is 17.4. The minimum atomic E-state index is 0.117. The predicted molar refractivity (Wildman–Crippen MR) is 100 cm³/mol. The molecule has 2 unspecified atom stereocenters. The monoisotopic (exact) mass is 324 g/mol. The topological polar surface area (TPSA) is 32.3 Å². The van der Waals surface area contributed by atoms with Crippen LogP contribution in [0.5, 0.6) is 0 Å². The van der Waals surface area contributed by atoms with Gasteiger partial charge in [0.25, 0.3) is 0 Å². The maximum Gasteiger partial charge on any atom is 0.220 e. The van der Waals surface area contributed by atoms with Crippen LogP contribution in [0.1, 0.15) is 30.4 Å². The van der Waals surface area contributed by atoms with Crippen LogP contribution in [0.15, 0.2) is 60.7 Å². The number of carbonyl (C=O) groups is 1. The average Bonchev–Trinajstić information content (AvgIpc) is 2.60. The quantitative estimate of drug-likeness (QED) is 0.806. The fraction of sp³-hybridized carbons (Fsp3) is 0.381. The Morgan fingerprint density at radius 1 is 1.00 bits per heavy atom. The van der Waals surface area contributed by atoms with E-state index in [4.69, 9.17) is 0 Å². The lowest BCUT2D eigenvalue weighted by atomic mass is 9.97. The average molecular weight is 324 g/mol. The molecule has 0 fully saturated rings. The van der Waals surface area contributed by atoms with Crippen LogP contribution in [0.4, 0.5) is 0 Å². The molecule has 1 N–H and O–H groups in total. The number of nitrogens with one attached hydrogen (secondary N) is 1. The summed E-state index contributed by atoms with van der Waals surface area (Å²) in [6.07, 6.45) is 1.46. The van der Waals surface area contributed by atoms with Gasteiger partial charge in [-0.1, -0.05) is 67.6 Å². The molecule has 3 heteroatoms. The molecule has 2 aromatic carbocycles. The van der Waals surface area contributed by atoms with Crippen LogP contribution in [0.2, 0.25) is 0 Å². The van der Waals surface area contributed by atoms with Gasteiger partial charge in [0.05, 0.1) is 0 Å². The van der Waals surface area contributed by atoms with Gasteiger partial charge in [-0.15, -0.1) is 0 Å². The van der Waals surface area contributed by atoms with Crippen LogP contribution in [0, 0.1) is 0 Å². The van der Waals surface area contributed by atoms with Crippen LogP contribution in [-0.4, -0.2) is 37.5 Å². The Hall–Kier alpha value is -2.13. The van der Waals surface area contributed by atoms with Crippen LogP contribution in [0.25, 0.3) is 0 Å². The van der Waals surface area contributed by atoms with Crippen molar-refractivity contribution in [3.63, 3.8) is 0 Å². The zero-order valence-corrected chi connectivity index (χ0v) is 14.9. The molecule has 24 heavy (non-hydrogen) atoms. The van der Waals surface area contributed by atoms with Crippen molar-refractivity contribution in [3.8, 4) is 0 Å². The summed E-state index contributed by atoms with van der Waals surface area (Å²) in [5, 5.41) is 3.10. The Balaban J connectivity index is 1.84. The van der Waals surface area contributed by atoms with Crippen molar-refractivity contribution in [2.75, 3.05) is 20.6 Å². The second-order valence-electron chi connectivity index (χ2n) is 6.63. The molecule has 1 amide bonds. The number of benzene rings is 2. The lowest BCUT2D eigenvalue weighted by Gasteiger charge is -2.25. The standard InChI is InChI=1S/C21H28N2O/c1-17(19-12-8-5-9-13-19)14-21(24)22-16-20(23(2)3)15-18-10-6-4-7-11-18/h4-13,17,20H,14-16H2,1-3H3,(H,22,24). The van der Waals surface area contributed by atoms with E-state index in [2.05, 4.69) is 67.6 Å². The third-order valence-corrected chi connectivity index (χ3v) is 4.44. The smallest absolute Gasteiger partial charge is 0.220 e. The fourth-order valence-electron chi connectivity index (χ4n) is 2.80. The number of likely N-dealkylation sites (N-methyl/N-ethyl adjacent to an activating group) is 1. The number of hydrogen-bond acceptors (Lipinski definition) is 2. The molecule has 0 spiro atoms. The first-order chi connectivity index (χ1) is 11.6. The van der Waals surface area contributed by atoms with Gasteiger partial charge in [0.15, 0.2) is 0 Å². The Morgan fingerprint density at radius 3 is 2.17 bits per heavy atom. The van der Waals surface area contributed by atoms with E-state index in [-0.39, 0.29) is 11.8 Å². The molecule has 128 valence electrons. The molecule has 2 aromatic rings. The molecule has 0 aliphatic rings. The van der Waals surface area contributed by atoms with Crippen molar-refractivity contribution >= 4 is 5.91 Å². The summed E-state index contributed by atoms with van der Waals surface area (Å²) < 4.78 is 0. The lowest BCUT2D eigenvalue weighted by Crippen LogP contribution is -2.41. The predicted octanol–water partition coefficient (Wildman–Crippen LogP) is 3.47. The Bertz CT molecular complexity index is 610. The fourth-order valence-corrected chi connectivity index (χ4v) is 2.80. The number of nitrogens with zero attached hydrogens (tertiary/aromatic N) is 1. The molecule has 0 saturated carbocycles. The molecular weight excluding hydrogens is 296 g/mol. The van der Waals surface area contributed by atoms with Crippen LogP contribution in [0.3, 0.4) is 0 Å². The number of carbonyl (C=O) groups excluding carboxylic acids is 1. The highest BCUT2D eigenvalue weighted by molar-refractivity contribution is 5.76. The van der Waals surface area contributed by atoms with Crippen molar-refractivity contribution in [1.82, 2.24) is 10.2 Å². The molecule has 0 bridgehead atoms. The van der Waals surface area contributed by atoms with Crippen molar-refractivity contribution in [2.24, 2.45) is 0 Å². The summed E-state index contributed by atoms with van der Waals surface area (Å²) >= 11 is 0. The van der Waals surface area contributed by atoms with Gasteiger partial charge in [-0.2, -0.15) is 0 Å². The summed E-state index contributed by atoms with van der Waals surface area (Å²) in [6.45, 7) is 2.77. The third-order valence-electron chi connectivity index (χ3n) is 4.44. The summed E-state index contributed by atoms with van der Waals surface area (Å²) in [7, 11) is 4.12. The molecule has 0 heterocycles. The SMILES string of the molecule is CC(CC(=O)NCC(Cc1ccccc1)N(C)C)c1ccccc1. The van der Waals surface area contributed by atoms with E-state index >= 15 is 0 Å². The number of amides is 1. The minimum absolute atomic E-state index is 0.117. The number of rotatable bonds is 8. The van der Waals surface area contributed by atoms with Gasteiger partial charge in [-0.25, -0.2) is 0 Å². The molecule has 2 atom stereocenters. The molecule has 0 aliphatic carbocycles. The second-order valence-corrected chi connectivity index (χ2v) is 6.63. The summed E-state index contributed by atoms with van der Waals surface area (Å²) in [5.74, 6) is 0.351. The molecular formula is C21H28N2O. The van der Waals surface area contributed by atoms with Gasteiger partial charge in [-0.3, -0.25) is 4.79 Å². The Labute approximate surface area is 145 Å². The highest BCUT2D eigenvalue weighted by Crippen LogP contribution is 2.18. The summed E-state index contributed by atoms with van der Waals surface area (Å²) in [6, 6.07) is 20.9. The number of hydrogen-bond donors (Lipinski definition) is 1. The normalized spacial score (nSPS) is 13.5. The first-order valence-corrected chi connectivity index (χ1v) is 8.58. The Kier molecular flexibility index (Phi) is 7.01. The maximum atomic E-state index is 12.3. The van der Waals surface area contributed by atoms with E-state index in [9.17, 15) is 4.79 Å². The van der Waals surface area contributed by atoms with Crippen LogP contribution in [-0.2, 0) is 11.2 Å². The highest BCUT2D eigenvalue weighted by Gasteiger charge is 2.15. The van der Waals surface area contributed by atoms with Crippen molar-refractivity contribution in [1.29, 1.82) is 0 Å². The van der Waals surface area contributed by atoms with Gasteiger partial charge in [0.2, 0.25) is 5.91 Å². The molecule has 0 saturated heterocycles. The van der Waals surface area contributed by atoms with E-state index in [1.165, 1.54) is 11.1 Å². The largest absolute Gasteiger partial charge is 0.355 e.